The molecule has 1 amide bonds. The zero-order valence-corrected chi connectivity index (χ0v) is 11.6. The number of benzene rings is 1. The molecule has 19 heavy (non-hydrogen) atoms. The van der Waals surface area contributed by atoms with Crippen molar-refractivity contribution < 1.29 is 14.3 Å². The molecule has 106 valence electrons. The fourth-order valence-electron chi connectivity index (χ4n) is 1.63. The predicted octanol–water partition coefficient (Wildman–Crippen LogP) is 2.42. The maximum Gasteiger partial charge on any atom is 0.250 e. The predicted molar refractivity (Wildman–Crippen MR) is 76.4 cm³/mol. The van der Waals surface area contributed by atoms with E-state index in [9.17, 15) is 4.79 Å². The van der Waals surface area contributed by atoms with Crippen molar-refractivity contribution in [3.05, 3.63) is 18.2 Å². The number of methoxy groups -OCH3 is 1. The summed E-state index contributed by atoms with van der Waals surface area (Å²) in [6.07, 6.45) is 3.23. The highest BCUT2D eigenvalue weighted by Crippen LogP contribution is 2.26. The Balaban J connectivity index is 2.41. The third kappa shape index (κ3) is 5.61. The van der Waals surface area contributed by atoms with Crippen LogP contribution in [0.4, 0.5) is 11.4 Å². The molecule has 5 heteroatoms. The van der Waals surface area contributed by atoms with Crippen molar-refractivity contribution in [1.29, 1.82) is 0 Å². The second kappa shape index (κ2) is 8.37. The summed E-state index contributed by atoms with van der Waals surface area (Å²) in [4.78, 5) is 11.7. The molecule has 0 aromatic heterocycles. The molecule has 0 atom stereocenters. The Hall–Kier alpha value is -1.75. The maximum atomic E-state index is 11.7. The number of carbonyl (C=O) groups is 1. The fourth-order valence-corrected chi connectivity index (χ4v) is 1.63. The lowest BCUT2D eigenvalue weighted by molar-refractivity contribution is -0.120. The van der Waals surface area contributed by atoms with Gasteiger partial charge in [0.25, 0.3) is 0 Å². The van der Waals surface area contributed by atoms with Crippen LogP contribution in [0.25, 0.3) is 0 Å². The molecular weight excluding hydrogens is 244 g/mol. The molecule has 1 aromatic rings. The van der Waals surface area contributed by atoms with Gasteiger partial charge in [-0.25, -0.2) is 0 Å². The number of rotatable bonds is 8. The first-order chi connectivity index (χ1) is 9.17. The molecule has 0 fully saturated rings. The molecule has 0 saturated carbocycles. The number of unbranched alkanes of at least 4 members (excludes halogenated alkanes) is 2. The lowest BCUT2D eigenvalue weighted by Crippen LogP contribution is -2.19. The Bertz CT molecular complexity index is 408. The van der Waals surface area contributed by atoms with Gasteiger partial charge in [-0.05, 0) is 24.6 Å². The van der Waals surface area contributed by atoms with Crippen molar-refractivity contribution in [3.8, 4) is 5.75 Å². The van der Waals surface area contributed by atoms with Gasteiger partial charge < -0.3 is 20.5 Å². The minimum Gasteiger partial charge on any atom is -0.495 e. The summed E-state index contributed by atoms with van der Waals surface area (Å²) >= 11 is 0. The van der Waals surface area contributed by atoms with E-state index < -0.39 is 0 Å². The average molecular weight is 266 g/mol. The Morgan fingerprint density at radius 2 is 2.16 bits per heavy atom. The number of amides is 1. The first-order valence-electron chi connectivity index (χ1n) is 6.48. The fraction of sp³-hybridized carbons (Fsp3) is 0.500. The zero-order valence-electron chi connectivity index (χ0n) is 11.6. The van der Waals surface area contributed by atoms with Crippen molar-refractivity contribution >= 4 is 17.3 Å². The van der Waals surface area contributed by atoms with E-state index >= 15 is 0 Å². The van der Waals surface area contributed by atoms with E-state index in [4.69, 9.17) is 15.2 Å². The first-order valence-corrected chi connectivity index (χ1v) is 6.48. The number of nitrogens with two attached hydrogens (primary N) is 1. The SMILES string of the molecule is CCCCCOCC(=O)Nc1cc(N)ccc1OC. The van der Waals surface area contributed by atoms with E-state index in [0.29, 0.717) is 23.7 Å². The standard InChI is InChI=1S/C14H22N2O3/c1-3-4-5-8-19-10-14(17)16-12-9-11(15)6-7-13(12)18-2/h6-7,9H,3-5,8,10,15H2,1-2H3,(H,16,17). The van der Waals surface area contributed by atoms with Gasteiger partial charge in [-0.3, -0.25) is 4.79 Å². The molecule has 0 aliphatic rings. The number of carbonyl (C=O) groups excluding carboxylic acids is 1. The maximum absolute atomic E-state index is 11.7. The number of hydrogen-bond donors (Lipinski definition) is 2. The van der Waals surface area contributed by atoms with E-state index in [2.05, 4.69) is 12.2 Å². The highest BCUT2D eigenvalue weighted by Gasteiger charge is 2.08. The van der Waals surface area contributed by atoms with Crippen molar-refractivity contribution in [1.82, 2.24) is 0 Å². The van der Waals surface area contributed by atoms with Crippen molar-refractivity contribution in [2.75, 3.05) is 31.4 Å². The van der Waals surface area contributed by atoms with Crippen LogP contribution in [0.5, 0.6) is 5.75 Å². The minimum atomic E-state index is -0.208. The Morgan fingerprint density at radius 3 is 2.84 bits per heavy atom. The molecule has 5 nitrogen and oxygen atoms in total. The largest absolute Gasteiger partial charge is 0.495 e. The molecule has 0 unspecified atom stereocenters. The highest BCUT2D eigenvalue weighted by atomic mass is 16.5. The van der Waals surface area contributed by atoms with E-state index in [1.54, 1.807) is 25.3 Å². The van der Waals surface area contributed by atoms with Crippen LogP contribution in [0.1, 0.15) is 26.2 Å². The van der Waals surface area contributed by atoms with Gasteiger partial charge in [0.05, 0.1) is 12.8 Å². The summed E-state index contributed by atoms with van der Waals surface area (Å²) in [6, 6.07) is 5.09. The Kier molecular flexibility index (Phi) is 6.74. The second-order valence-corrected chi connectivity index (χ2v) is 4.27. The van der Waals surface area contributed by atoms with Gasteiger partial charge in [0, 0.05) is 12.3 Å². The van der Waals surface area contributed by atoms with Crippen LogP contribution in [0.15, 0.2) is 18.2 Å². The van der Waals surface area contributed by atoms with Crippen LogP contribution in [0.3, 0.4) is 0 Å². The molecule has 0 aliphatic heterocycles. The molecule has 1 aromatic carbocycles. The second-order valence-electron chi connectivity index (χ2n) is 4.27. The summed E-state index contributed by atoms with van der Waals surface area (Å²) in [6.45, 7) is 2.77. The summed E-state index contributed by atoms with van der Waals surface area (Å²) in [5, 5.41) is 2.72. The van der Waals surface area contributed by atoms with Gasteiger partial charge in [0.2, 0.25) is 5.91 Å². The van der Waals surface area contributed by atoms with Crippen molar-refractivity contribution in [2.45, 2.75) is 26.2 Å². The molecule has 0 heterocycles. The summed E-state index contributed by atoms with van der Waals surface area (Å²) < 4.78 is 10.4. The number of anilines is 2. The van der Waals surface area contributed by atoms with Crippen LogP contribution in [0.2, 0.25) is 0 Å². The molecule has 0 radical (unpaired) electrons. The van der Waals surface area contributed by atoms with Gasteiger partial charge in [0.15, 0.2) is 0 Å². The van der Waals surface area contributed by atoms with Gasteiger partial charge >= 0.3 is 0 Å². The summed E-state index contributed by atoms with van der Waals surface area (Å²) in [5.74, 6) is 0.369. The third-order valence-electron chi connectivity index (χ3n) is 2.62. The number of hydrogen-bond acceptors (Lipinski definition) is 4. The van der Waals surface area contributed by atoms with E-state index in [1.165, 1.54) is 0 Å². The monoisotopic (exact) mass is 266 g/mol. The molecule has 0 spiro atoms. The minimum absolute atomic E-state index is 0.0433. The smallest absolute Gasteiger partial charge is 0.250 e. The van der Waals surface area contributed by atoms with Crippen LogP contribution in [-0.4, -0.2) is 26.2 Å². The van der Waals surface area contributed by atoms with Crippen LogP contribution in [0, 0.1) is 0 Å². The third-order valence-corrected chi connectivity index (χ3v) is 2.62. The molecule has 0 saturated heterocycles. The quantitative estimate of drug-likeness (QED) is 0.560. The zero-order chi connectivity index (χ0) is 14.1. The Labute approximate surface area is 114 Å². The topological polar surface area (TPSA) is 73.6 Å². The van der Waals surface area contributed by atoms with Crippen LogP contribution >= 0.6 is 0 Å². The average Bonchev–Trinajstić information content (AvgIpc) is 2.39. The normalized spacial score (nSPS) is 10.2. The van der Waals surface area contributed by atoms with Gasteiger partial charge in [-0.1, -0.05) is 19.8 Å². The van der Waals surface area contributed by atoms with Crippen molar-refractivity contribution in [2.24, 2.45) is 0 Å². The lowest BCUT2D eigenvalue weighted by atomic mass is 10.2. The first kappa shape index (κ1) is 15.3. The van der Waals surface area contributed by atoms with Gasteiger partial charge in [-0.15, -0.1) is 0 Å². The number of nitrogen functional groups attached to an aromatic ring is 1. The number of ether oxygens (including phenoxy) is 2. The van der Waals surface area contributed by atoms with Crippen molar-refractivity contribution in [3.63, 3.8) is 0 Å². The van der Waals surface area contributed by atoms with Crippen LogP contribution in [-0.2, 0) is 9.53 Å². The van der Waals surface area contributed by atoms with E-state index in [0.717, 1.165) is 19.3 Å². The number of nitrogens with one attached hydrogen (secondary N) is 1. The van der Waals surface area contributed by atoms with Crippen LogP contribution < -0.4 is 15.8 Å². The molecule has 3 N–H and O–H groups in total. The molecule has 0 bridgehead atoms. The van der Waals surface area contributed by atoms with Gasteiger partial charge in [0.1, 0.15) is 12.4 Å². The summed E-state index contributed by atoms with van der Waals surface area (Å²) in [5.41, 5.74) is 6.80. The highest BCUT2D eigenvalue weighted by molar-refractivity contribution is 5.93. The Morgan fingerprint density at radius 1 is 1.37 bits per heavy atom. The van der Waals surface area contributed by atoms with Gasteiger partial charge in [-0.2, -0.15) is 0 Å². The molecule has 1 rings (SSSR count). The van der Waals surface area contributed by atoms with E-state index in [-0.39, 0.29) is 12.5 Å². The molecular formula is C14H22N2O3. The molecule has 0 aliphatic carbocycles. The lowest BCUT2D eigenvalue weighted by Gasteiger charge is -2.11. The summed E-state index contributed by atoms with van der Waals surface area (Å²) in [7, 11) is 1.54. The van der Waals surface area contributed by atoms with E-state index in [1.807, 2.05) is 0 Å².